The molecule has 0 spiro atoms. The van der Waals surface area contributed by atoms with Gasteiger partial charge in [0.2, 0.25) is 5.91 Å². The number of amides is 1. The monoisotopic (exact) mass is 454 g/mol. The molecule has 1 atom stereocenters. The number of tetrazole rings is 1. The fourth-order valence-corrected chi connectivity index (χ4v) is 3.98. The topological polar surface area (TPSA) is 75.9 Å². The van der Waals surface area contributed by atoms with Gasteiger partial charge in [-0.25, -0.2) is 4.39 Å². The van der Waals surface area contributed by atoms with Crippen molar-refractivity contribution < 1.29 is 9.18 Å². The van der Waals surface area contributed by atoms with Gasteiger partial charge < -0.3 is 5.32 Å². The van der Waals surface area contributed by atoms with Crippen LogP contribution in [-0.2, 0) is 11.3 Å². The number of nitrogens with zero attached hydrogens (tertiary/aromatic N) is 5. The van der Waals surface area contributed by atoms with E-state index in [1.807, 2.05) is 42.2 Å². The van der Waals surface area contributed by atoms with E-state index in [9.17, 15) is 9.18 Å². The van der Waals surface area contributed by atoms with Crippen molar-refractivity contribution in [3.63, 3.8) is 0 Å². The Hall–Kier alpha value is -4.33. The van der Waals surface area contributed by atoms with Crippen LogP contribution in [0, 0.1) is 12.7 Å². The molecule has 0 bridgehead atoms. The first-order valence-corrected chi connectivity index (χ1v) is 11.0. The first-order valence-electron chi connectivity index (χ1n) is 11.0. The second kappa shape index (κ2) is 9.27. The van der Waals surface area contributed by atoms with Gasteiger partial charge in [0.15, 0.2) is 0 Å². The highest BCUT2D eigenvalue weighted by atomic mass is 19.1. The van der Waals surface area contributed by atoms with Gasteiger partial charge >= 0.3 is 0 Å². The largest absolute Gasteiger partial charge is 0.350 e. The van der Waals surface area contributed by atoms with Crippen molar-refractivity contribution in [3.8, 4) is 0 Å². The number of halogens is 1. The number of benzene rings is 3. The zero-order chi connectivity index (χ0) is 23.5. The third-order valence-corrected chi connectivity index (χ3v) is 5.78. The van der Waals surface area contributed by atoms with E-state index in [1.165, 1.54) is 17.7 Å². The number of hydrogen-bond donors (Lipinski definition) is 1. The summed E-state index contributed by atoms with van der Waals surface area (Å²) >= 11 is 0. The van der Waals surface area contributed by atoms with Crippen LogP contribution >= 0.6 is 0 Å². The number of hydrogen-bond acceptors (Lipinski definition) is 5. The van der Waals surface area contributed by atoms with Crippen LogP contribution in [0.4, 0.5) is 10.3 Å². The molecule has 1 unspecified atom stereocenters. The zero-order valence-electron chi connectivity index (χ0n) is 18.6. The molecule has 3 aromatic carbocycles. The molecule has 7 nitrogen and oxygen atoms in total. The van der Waals surface area contributed by atoms with Crippen LogP contribution in [0.25, 0.3) is 5.70 Å². The molecular formula is C26H23FN6O. The van der Waals surface area contributed by atoms with Gasteiger partial charge in [-0.3, -0.25) is 9.69 Å². The average molecular weight is 455 g/mol. The molecule has 170 valence electrons. The van der Waals surface area contributed by atoms with Gasteiger partial charge in [0.25, 0.3) is 5.95 Å². The Balaban J connectivity index is 1.45. The summed E-state index contributed by atoms with van der Waals surface area (Å²) in [6.07, 6.45) is 2.08. The number of allylic oxidation sites excluding steroid dienone is 1. The third-order valence-electron chi connectivity index (χ3n) is 5.78. The van der Waals surface area contributed by atoms with E-state index < -0.39 is 0 Å². The molecule has 1 aliphatic heterocycles. The lowest BCUT2D eigenvalue weighted by Crippen LogP contribution is -2.39. The average Bonchev–Trinajstić information content (AvgIpc) is 3.35. The second-order valence-electron chi connectivity index (χ2n) is 8.19. The number of carbonyl (C=O) groups is 1. The van der Waals surface area contributed by atoms with Gasteiger partial charge in [-0.1, -0.05) is 77.4 Å². The van der Waals surface area contributed by atoms with Crippen molar-refractivity contribution >= 4 is 17.6 Å². The molecule has 0 radical (unpaired) electrons. The van der Waals surface area contributed by atoms with Crippen LogP contribution in [0.15, 0.2) is 84.9 Å². The Bertz CT molecular complexity index is 1320. The molecule has 0 saturated carbocycles. The summed E-state index contributed by atoms with van der Waals surface area (Å²) in [6.45, 7) is 2.38. The van der Waals surface area contributed by atoms with Crippen molar-refractivity contribution in [1.29, 1.82) is 0 Å². The summed E-state index contributed by atoms with van der Waals surface area (Å²) in [5.41, 5.74) is 4.85. The fourth-order valence-electron chi connectivity index (χ4n) is 3.98. The van der Waals surface area contributed by atoms with Crippen LogP contribution in [-0.4, -0.2) is 32.7 Å². The minimum Gasteiger partial charge on any atom is -0.350 e. The first-order chi connectivity index (χ1) is 16.6. The highest BCUT2D eigenvalue weighted by molar-refractivity contribution is 5.89. The number of anilines is 1. The molecule has 8 heteroatoms. The smallest absolute Gasteiger partial charge is 0.251 e. The van der Waals surface area contributed by atoms with Gasteiger partial charge in [-0.15, -0.1) is 0 Å². The van der Waals surface area contributed by atoms with Crippen LogP contribution in [0.1, 0.15) is 28.3 Å². The third kappa shape index (κ3) is 4.43. The number of carbonyl (C=O) groups excluding carboxylic acids is 1. The molecule has 1 aromatic heterocycles. The lowest BCUT2D eigenvalue weighted by Gasteiger charge is -2.32. The van der Waals surface area contributed by atoms with Crippen LogP contribution < -0.4 is 10.2 Å². The Morgan fingerprint density at radius 2 is 1.74 bits per heavy atom. The molecule has 0 fully saturated rings. The van der Waals surface area contributed by atoms with Crippen molar-refractivity contribution in [3.05, 3.63) is 113 Å². The molecule has 2 heterocycles. The minimum atomic E-state index is -0.309. The maximum absolute atomic E-state index is 13.2. The van der Waals surface area contributed by atoms with Crippen molar-refractivity contribution in [1.82, 2.24) is 25.5 Å². The zero-order valence-corrected chi connectivity index (χ0v) is 18.6. The van der Waals surface area contributed by atoms with Gasteiger partial charge in [-0.05, 0) is 52.2 Å². The van der Waals surface area contributed by atoms with Crippen LogP contribution in [0.2, 0.25) is 0 Å². The number of aromatic nitrogens is 4. The maximum atomic E-state index is 13.2. The van der Waals surface area contributed by atoms with E-state index in [0.717, 1.165) is 22.4 Å². The number of fused-ring (bicyclic) bond motifs is 1. The van der Waals surface area contributed by atoms with E-state index in [2.05, 4.69) is 51.2 Å². The molecule has 1 aliphatic rings. The molecule has 4 aromatic rings. The molecule has 34 heavy (non-hydrogen) atoms. The highest BCUT2D eigenvalue weighted by Crippen LogP contribution is 2.36. The summed E-state index contributed by atoms with van der Waals surface area (Å²) < 4.78 is 14.9. The van der Waals surface area contributed by atoms with E-state index in [-0.39, 0.29) is 24.3 Å². The molecule has 1 N–H and O–H groups in total. The predicted octanol–water partition coefficient (Wildman–Crippen LogP) is 3.89. The van der Waals surface area contributed by atoms with Crippen LogP contribution in [0.3, 0.4) is 0 Å². The van der Waals surface area contributed by atoms with Gasteiger partial charge in [-0.2, -0.15) is 4.68 Å². The van der Waals surface area contributed by atoms with E-state index in [1.54, 1.807) is 16.8 Å². The highest BCUT2D eigenvalue weighted by Gasteiger charge is 2.31. The molecule has 0 saturated heterocycles. The minimum absolute atomic E-state index is 0.0307. The van der Waals surface area contributed by atoms with Crippen LogP contribution in [0.5, 0.6) is 0 Å². The summed E-state index contributed by atoms with van der Waals surface area (Å²) in [6, 6.07) is 24.0. The first kappa shape index (κ1) is 21.5. The van der Waals surface area contributed by atoms with E-state index in [4.69, 9.17) is 0 Å². The maximum Gasteiger partial charge on any atom is 0.251 e. The number of aryl methyl sites for hydroxylation is 1. The Kier molecular flexibility index (Phi) is 5.86. The second-order valence-corrected chi connectivity index (χ2v) is 8.19. The molecular weight excluding hydrogens is 431 g/mol. The molecule has 5 rings (SSSR count). The SMILES string of the molecule is Cc1ccc(C2C=C(c3ccccc3)N(CC(=O)NCc3ccc(F)cc3)c3nnnn32)cc1. The number of rotatable bonds is 6. The van der Waals surface area contributed by atoms with Crippen molar-refractivity contribution in [2.75, 3.05) is 11.4 Å². The molecule has 1 amide bonds. The quantitative estimate of drug-likeness (QED) is 0.478. The summed E-state index contributed by atoms with van der Waals surface area (Å²) in [5.74, 6) is -0.0191. The summed E-state index contributed by atoms with van der Waals surface area (Å²) in [7, 11) is 0. The van der Waals surface area contributed by atoms with Crippen molar-refractivity contribution in [2.24, 2.45) is 0 Å². The lowest BCUT2D eigenvalue weighted by atomic mass is 10.00. The Morgan fingerprint density at radius 1 is 1.00 bits per heavy atom. The van der Waals surface area contributed by atoms with Crippen molar-refractivity contribution in [2.45, 2.75) is 19.5 Å². The predicted molar refractivity (Wildman–Crippen MR) is 127 cm³/mol. The van der Waals surface area contributed by atoms with Gasteiger partial charge in [0.05, 0.1) is 5.70 Å². The Morgan fingerprint density at radius 3 is 2.47 bits per heavy atom. The lowest BCUT2D eigenvalue weighted by molar-refractivity contribution is -0.119. The van der Waals surface area contributed by atoms with E-state index >= 15 is 0 Å². The Labute approximate surface area is 196 Å². The normalized spacial score (nSPS) is 14.9. The molecule has 0 aliphatic carbocycles. The van der Waals surface area contributed by atoms with Gasteiger partial charge in [0.1, 0.15) is 18.4 Å². The summed E-state index contributed by atoms with van der Waals surface area (Å²) in [4.78, 5) is 14.7. The van der Waals surface area contributed by atoms with E-state index in [0.29, 0.717) is 12.5 Å². The fraction of sp³-hybridized carbons (Fsp3) is 0.154. The standard InChI is InChI=1S/C26H23FN6O/c1-18-7-11-21(12-8-18)24-15-23(20-5-3-2-4-6-20)32(26-29-30-31-33(24)26)17-25(34)28-16-19-9-13-22(27)14-10-19/h2-15,24H,16-17H2,1H3,(H,28,34). The van der Waals surface area contributed by atoms with Gasteiger partial charge in [0, 0.05) is 6.54 Å². The summed E-state index contributed by atoms with van der Waals surface area (Å²) in [5, 5.41) is 15.3. The number of nitrogens with one attached hydrogen (secondary N) is 1.